The lowest BCUT2D eigenvalue weighted by molar-refractivity contribution is 0.104. The first kappa shape index (κ1) is 12.1. The van der Waals surface area contributed by atoms with Gasteiger partial charge in [0.1, 0.15) is 5.82 Å². The average molecular weight is 270 g/mol. The first-order chi connectivity index (χ1) is 7.97. The molecule has 0 amide bonds. The first-order valence-electron chi connectivity index (χ1n) is 4.84. The number of ketones is 1. The number of aryl methyl sites for hydroxylation is 1. The molecule has 17 heavy (non-hydrogen) atoms. The van der Waals surface area contributed by atoms with Crippen LogP contribution >= 0.6 is 22.9 Å². The fourth-order valence-electron chi connectivity index (χ4n) is 1.46. The minimum atomic E-state index is -0.521. The van der Waals surface area contributed by atoms with Gasteiger partial charge in [-0.3, -0.25) is 4.79 Å². The summed E-state index contributed by atoms with van der Waals surface area (Å²) in [6.45, 7) is 1.82. The molecule has 0 bridgehead atoms. The lowest BCUT2D eigenvalue weighted by Crippen LogP contribution is -2.01. The Hall–Kier alpha value is -1.39. The van der Waals surface area contributed by atoms with E-state index in [1.807, 2.05) is 6.92 Å². The van der Waals surface area contributed by atoms with Gasteiger partial charge in [0.25, 0.3) is 0 Å². The van der Waals surface area contributed by atoms with E-state index in [9.17, 15) is 9.18 Å². The van der Waals surface area contributed by atoms with E-state index in [4.69, 9.17) is 17.3 Å². The molecule has 0 aliphatic carbocycles. The Bertz CT molecular complexity index is 554. The Morgan fingerprint density at radius 3 is 2.59 bits per heavy atom. The zero-order valence-electron chi connectivity index (χ0n) is 8.96. The normalized spacial score (nSPS) is 10.5. The number of halogens is 2. The molecule has 1 aromatic carbocycles. The number of carbonyl (C=O) groups is 1. The van der Waals surface area contributed by atoms with Gasteiger partial charge in [-0.2, -0.15) is 0 Å². The quantitative estimate of drug-likeness (QED) is 0.668. The van der Waals surface area contributed by atoms with Gasteiger partial charge in [0, 0.05) is 11.3 Å². The molecular formula is C12H9ClFNOS. The predicted molar refractivity (Wildman–Crippen MR) is 68.3 cm³/mol. The van der Waals surface area contributed by atoms with Crippen LogP contribution in [0.4, 0.5) is 10.1 Å². The number of anilines is 1. The molecule has 88 valence electrons. The summed E-state index contributed by atoms with van der Waals surface area (Å²) in [6.07, 6.45) is 0. The molecule has 2 rings (SSSR count). The molecule has 2 aromatic rings. The van der Waals surface area contributed by atoms with Gasteiger partial charge in [-0.15, -0.1) is 11.3 Å². The molecule has 0 saturated heterocycles. The fraction of sp³-hybridized carbons (Fsp3) is 0.0833. The Labute approximate surface area is 107 Å². The van der Waals surface area contributed by atoms with Gasteiger partial charge in [0.05, 0.1) is 9.21 Å². The van der Waals surface area contributed by atoms with E-state index < -0.39 is 5.82 Å². The van der Waals surface area contributed by atoms with Crippen LogP contribution in [0.5, 0.6) is 0 Å². The van der Waals surface area contributed by atoms with E-state index in [0.717, 1.165) is 5.56 Å². The second-order valence-corrected chi connectivity index (χ2v) is 5.32. The summed E-state index contributed by atoms with van der Waals surface area (Å²) in [5, 5.41) is 0. The number of rotatable bonds is 2. The van der Waals surface area contributed by atoms with Crippen LogP contribution in [0.2, 0.25) is 4.34 Å². The molecule has 0 unspecified atom stereocenters. The number of benzene rings is 1. The Kier molecular flexibility index (Phi) is 3.17. The van der Waals surface area contributed by atoms with Gasteiger partial charge in [-0.1, -0.05) is 11.6 Å². The fourth-order valence-corrected chi connectivity index (χ4v) is 2.62. The largest absolute Gasteiger partial charge is 0.399 e. The predicted octanol–water partition coefficient (Wildman–Crippen LogP) is 3.66. The molecular weight excluding hydrogens is 261 g/mol. The van der Waals surface area contributed by atoms with Crippen molar-refractivity contribution in [3.05, 3.63) is 50.4 Å². The van der Waals surface area contributed by atoms with Crippen LogP contribution in [0.25, 0.3) is 0 Å². The highest BCUT2D eigenvalue weighted by molar-refractivity contribution is 7.18. The minimum absolute atomic E-state index is 0.229. The van der Waals surface area contributed by atoms with Crippen molar-refractivity contribution in [2.45, 2.75) is 6.92 Å². The van der Waals surface area contributed by atoms with Crippen molar-refractivity contribution in [3.8, 4) is 0 Å². The van der Waals surface area contributed by atoms with Gasteiger partial charge in [0.15, 0.2) is 0 Å². The summed E-state index contributed by atoms with van der Waals surface area (Å²) in [6, 6.07) is 5.48. The summed E-state index contributed by atoms with van der Waals surface area (Å²) < 4.78 is 13.7. The summed E-state index contributed by atoms with van der Waals surface area (Å²) in [5.41, 5.74) is 6.80. The number of hydrogen-bond donors (Lipinski definition) is 1. The minimum Gasteiger partial charge on any atom is -0.399 e. The van der Waals surface area contributed by atoms with Crippen LogP contribution in [0, 0.1) is 12.7 Å². The summed E-state index contributed by atoms with van der Waals surface area (Å²) in [4.78, 5) is 12.5. The first-order valence-corrected chi connectivity index (χ1v) is 6.03. The summed E-state index contributed by atoms with van der Waals surface area (Å²) in [7, 11) is 0. The zero-order valence-corrected chi connectivity index (χ0v) is 10.5. The van der Waals surface area contributed by atoms with Gasteiger partial charge in [0.2, 0.25) is 5.78 Å². The van der Waals surface area contributed by atoms with Gasteiger partial charge in [-0.25, -0.2) is 4.39 Å². The molecule has 2 N–H and O–H groups in total. The van der Waals surface area contributed by atoms with Gasteiger partial charge in [-0.05, 0) is 36.8 Å². The van der Waals surface area contributed by atoms with Crippen molar-refractivity contribution in [2.24, 2.45) is 0 Å². The lowest BCUT2D eigenvalue weighted by Gasteiger charge is -2.00. The number of hydrogen-bond acceptors (Lipinski definition) is 3. The summed E-state index contributed by atoms with van der Waals surface area (Å²) in [5.74, 6) is -0.788. The number of carbonyl (C=O) groups excluding carboxylic acids is 1. The standard InChI is InChI=1S/C12H9ClFNOS/c1-6-2-10(17-12(6)13)11(16)7-3-8(14)5-9(15)4-7/h2-5H,15H2,1H3. The molecule has 0 spiro atoms. The molecule has 0 fully saturated rings. The van der Waals surface area contributed by atoms with Crippen molar-refractivity contribution in [3.63, 3.8) is 0 Å². The Morgan fingerprint density at radius 1 is 1.35 bits per heavy atom. The van der Waals surface area contributed by atoms with Crippen molar-refractivity contribution in [1.82, 2.24) is 0 Å². The molecule has 0 radical (unpaired) electrons. The highest BCUT2D eigenvalue weighted by Crippen LogP contribution is 2.29. The Morgan fingerprint density at radius 2 is 2.06 bits per heavy atom. The van der Waals surface area contributed by atoms with Gasteiger partial charge < -0.3 is 5.73 Å². The highest BCUT2D eigenvalue weighted by Gasteiger charge is 2.14. The van der Waals surface area contributed by atoms with E-state index in [-0.39, 0.29) is 17.0 Å². The number of nitrogen functional groups attached to an aromatic ring is 1. The van der Waals surface area contributed by atoms with Crippen molar-refractivity contribution < 1.29 is 9.18 Å². The monoisotopic (exact) mass is 269 g/mol. The van der Waals surface area contributed by atoms with Crippen LogP contribution in [-0.4, -0.2) is 5.78 Å². The van der Waals surface area contributed by atoms with Crippen molar-refractivity contribution >= 4 is 34.4 Å². The van der Waals surface area contributed by atoms with Crippen LogP contribution in [0.15, 0.2) is 24.3 Å². The highest BCUT2D eigenvalue weighted by atomic mass is 35.5. The SMILES string of the molecule is Cc1cc(C(=O)c2cc(N)cc(F)c2)sc1Cl. The third kappa shape index (κ3) is 2.48. The summed E-state index contributed by atoms with van der Waals surface area (Å²) >= 11 is 7.07. The van der Waals surface area contributed by atoms with Crippen molar-refractivity contribution in [1.29, 1.82) is 0 Å². The van der Waals surface area contributed by atoms with Crippen LogP contribution in [0.3, 0.4) is 0 Å². The number of nitrogens with two attached hydrogens (primary N) is 1. The molecule has 0 atom stereocenters. The van der Waals surface area contributed by atoms with Crippen LogP contribution in [0.1, 0.15) is 20.8 Å². The smallest absolute Gasteiger partial charge is 0.203 e. The molecule has 0 saturated carbocycles. The molecule has 0 aliphatic rings. The van der Waals surface area contributed by atoms with Crippen LogP contribution in [-0.2, 0) is 0 Å². The third-order valence-electron chi connectivity index (χ3n) is 2.26. The van der Waals surface area contributed by atoms with Crippen LogP contribution < -0.4 is 5.73 Å². The molecule has 0 aliphatic heterocycles. The van der Waals surface area contributed by atoms with Crippen molar-refractivity contribution in [2.75, 3.05) is 5.73 Å². The maximum absolute atomic E-state index is 13.1. The molecule has 5 heteroatoms. The van der Waals surface area contributed by atoms with E-state index in [2.05, 4.69) is 0 Å². The lowest BCUT2D eigenvalue weighted by atomic mass is 10.1. The topological polar surface area (TPSA) is 43.1 Å². The molecule has 1 aromatic heterocycles. The molecule has 1 heterocycles. The zero-order chi connectivity index (χ0) is 12.6. The number of thiophene rings is 1. The average Bonchev–Trinajstić information content (AvgIpc) is 2.57. The molecule has 2 nitrogen and oxygen atoms in total. The van der Waals surface area contributed by atoms with E-state index in [1.54, 1.807) is 6.07 Å². The van der Waals surface area contributed by atoms with E-state index in [1.165, 1.54) is 29.5 Å². The van der Waals surface area contributed by atoms with Gasteiger partial charge >= 0.3 is 0 Å². The van der Waals surface area contributed by atoms with E-state index >= 15 is 0 Å². The van der Waals surface area contributed by atoms with E-state index in [0.29, 0.717) is 9.21 Å². The second kappa shape index (κ2) is 4.47. The maximum Gasteiger partial charge on any atom is 0.203 e. The third-order valence-corrected chi connectivity index (χ3v) is 3.82. The second-order valence-electron chi connectivity index (χ2n) is 3.67. The maximum atomic E-state index is 13.1. The Balaban J connectivity index is 2.43.